The predicted octanol–water partition coefficient (Wildman–Crippen LogP) is 2.19. The molecule has 1 fully saturated rings. The minimum absolute atomic E-state index is 0.115. The van der Waals surface area contributed by atoms with E-state index in [4.69, 9.17) is 0 Å². The van der Waals surface area contributed by atoms with Crippen molar-refractivity contribution in [1.82, 2.24) is 4.90 Å². The lowest BCUT2D eigenvalue weighted by molar-refractivity contribution is -0.136. The summed E-state index contributed by atoms with van der Waals surface area (Å²) < 4.78 is 0. The zero-order chi connectivity index (χ0) is 14.9. The van der Waals surface area contributed by atoms with Crippen LogP contribution in [0.1, 0.15) is 38.9 Å². The van der Waals surface area contributed by atoms with E-state index in [1.807, 2.05) is 52.1 Å². The Hall–Kier alpha value is -1.55. The summed E-state index contributed by atoms with van der Waals surface area (Å²) in [5.41, 5.74) is 1.28. The van der Waals surface area contributed by atoms with Crippen LogP contribution in [0.2, 0.25) is 0 Å². The minimum atomic E-state index is -0.587. The van der Waals surface area contributed by atoms with E-state index in [0.29, 0.717) is 13.0 Å². The van der Waals surface area contributed by atoms with Crippen molar-refractivity contribution in [2.45, 2.75) is 38.8 Å². The molecule has 0 saturated carbocycles. The van der Waals surface area contributed by atoms with Gasteiger partial charge in [-0.15, -0.1) is 0 Å². The number of likely N-dealkylation sites (N-methyl/N-ethyl adjacent to an activating group) is 1. The lowest BCUT2D eigenvalue weighted by Crippen LogP contribution is -2.62. The summed E-state index contributed by atoms with van der Waals surface area (Å²) >= 11 is 0. The van der Waals surface area contributed by atoms with Gasteiger partial charge in [0, 0.05) is 31.4 Å². The fourth-order valence-electron chi connectivity index (χ4n) is 2.87. The molecular formula is C16H24N2O2. The normalized spacial score (nSPS) is 20.1. The number of anilines is 1. The highest BCUT2D eigenvalue weighted by molar-refractivity contribution is 5.90. The monoisotopic (exact) mass is 276 g/mol. The Morgan fingerprint density at radius 3 is 2.60 bits per heavy atom. The van der Waals surface area contributed by atoms with E-state index in [9.17, 15) is 9.90 Å². The number of aliphatic hydroxyl groups is 1. The Bertz CT molecular complexity index is 499. The SMILES string of the molecule is CC[C@@H](O)c1ccccc1N1CCN(C)C(=O)C1(C)C. The van der Waals surface area contributed by atoms with E-state index in [0.717, 1.165) is 17.8 Å². The highest BCUT2D eigenvalue weighted by Crippen LogP contribution is 2.34. The van der Waals surface area contributed by atoms with Crippen LogP contribution in [0.15, 0.2) is 24.3 Å². The van der Waals surface area contributed by atoms with Gasteiger partial charge in [0.2, 0.25) is 5.91 Å². The second-order valence-electron chi connectivity index (χ2n) is 5.92. The molecule has 1 N–H and O–H groups in total. The van der Waals surface area contributed by atoms with Crippen molar-refractivity contribution in [3.05, 3.63) is 29.8 Å². The molecule has 1 aliphatic heterocycles. The maximum atomic E-state index is 12.4. The van der Waals surface area contributed by atoms with Gasteiger partial charge in [-0.25, -0.2) is 0 Å². The van der Waals surface area contributed by atoms with Gasteiger partial charge in [0.15, 0.2) is 0 Å². The summed E-state index contributed by atoms with van der Waals surface area (Å²) in [6.45, 7) is 7.34. The number of amides is 1. The van der Waals surface area contributed by atoms with Gasteiger partial charge < -0.3 is 14.9 Å². The first-order valence-electron chi connectivity index (χ1n) is 7.19. The van der Waals surface area contributed by atoms with Crippen molar-refractivity contribution in [3.63, 3.8) is 0 Å². The van der Waals surface area contributed by atoms with Crippen molar-refractivity contribution in [2.75, 3.05) is 25.0 Å². The molecule has 110 valence electrons. The standard InChI is InChI=1S/C16H24N2O2/c1-5-14(19)12-8-6-7-9-13(12)18-11-10-17(4)15(20)16(18,2)3/h6-9,14,19H,5,10-11H2,1-4H3/t14-/m1/s1. The molecule has 1 aromatic rings. The smallest absolute Gasteiger partial charge is 0.247 e. The zero-order valence-corrected chi connectivity index (χ0v) is 12.8. The van der Waals surface area contributed by atoms with E-state index in [1.165, 1.54) is 0 Å². The average Bonchev–Trinajstić information content (AvgIpc) is 2.44. The van der Waals surface area contributed by atoms with Crippen molar-refractivity contribution in [2.24, 2.45) is 0 Å². The number of hydrogen-bond acceptors (Lipinski definition) is 3. The number of carbonyl (C=O) groups is 1. The number of carbonyl (C=O) groups excluding carboxylic acids is 1. The van der Waals surface area contributed by atoms with E-state index >= 15 is 0 Å². The van der Waals surface area contributed by atoms with Gasteiger partial charge in [0.05, 0.1) is 6.10 Å². The number of benzene rings is 1. The number of rotatable bonds is 3. The largest absolute Gasteiger partial charge is 0.388 e. The van der Waals surface area contributed by atoms with E-state index in [1.54, 1.807) is 4.90 Å². The molecule has 0 aromatic heterocycles. The van der Waals surface area contributed by atoms with Crippen LogP contribution < -0.4 is 4.90 Å². The molecule has 1 saturated heterocycles. The topological polar surface area (TPSA) is 43.8 Å². The van der Waals surface area contributed by atoms with Gasteiger partial charge in [0.25, 0.3) is 0 Å². The Labute approximate surface area is 121 Å². The van der Waals surface area contributed by atoms with Crippen LogP contribution in [0.5, 0.6) is 0 Å². The second-order valence-corrected chi connectivity index (χ2v) is 5.92. The third-order valence-electron chi connectivity index (χ3n) is 4.18. The fourth-order valence-corrected chi connectivity index (χ4v) is 2.87. The second kappa shape index (κ2) is 5.44. The Morgan fingerprint density at radius 2 is 1.95 bits per heavy atom. The lowest BCUT2D eigenvalue weighted by Gasteiger charge is -2.47. The van der Waals surface area contributed by atoms with Gasteiger partial charge in [-0.2, -0.15) is 0 Å². The van der Waals surface area contributed by atoms with Crippen LogP contribution in [0, 0.1) is 0 Å². The third kappa shape index (κ3) is 2.40. The molecule has 2 rings (SSSR count). The number of aliphatic hydroxyl groups excluding tert-OH is 1. The van der Waals surface area contributed by atoms with Gasteiger partial charge in [0.1, 0.15) is 5.54 Å². The Morgan fingerprint density at radius 1 is 1.30 bits per heavy atom. The average molecular weight is 276 g/mol. The van der Waals surface area contributed by atoms with E-state index in [2.05, 4.69) is 4.90 Å². The molecule has 0 aliphatic carbocycles. The molecule has 1 aromatic carbocycles. The molecule has 0 bridgehead atoms. The number of piperazine rings is 1. The van der Waals surface area contributed by atoms with Crippen LogP contribution in [-0.4, -0.2) is 41.6 Å². The van der Waals surface area contributed by atoms with Crippen molar-refractivity contribution in [3.8, 4) is 0 Å². The molecule has 4 nitrogen and oxygen atoms in total. The quantitative estimate of drug-likeness (QED) is 0.920. The van der Waals surface area contributed by atoms with E-state index in [-0.39, 0.29) is 5.91 Å². The van der Waals surface area contributed by atoms with Crippen LogP contribution in [0.3, 0.4) is 0 Å². The van der Waals surface area contributed by atoms with Crippen LogP contribution in [0.4, 0.5) is 5.69 Å². The lowest BCUT2D eigenvalue weighted by atomic mass is 9.94. The van der Waals surface area contributed by atoms with Gasteiger partial charge in [-0.3, -0.25) is 4.79 Å². The predicted molar refractivity (Wildman–Crippen MR) is 80.8 cm³/mol. The minimum Gasteiger partial charge on any atom is -0.388 e. The molecule has 20 heavy (non-hydrogen) atoms. The van der Waals surface area contributed by atoms with E-state index < -0.39 is 11.6 Å². The molecule has 0 unspecified atom stereocenters. The summed E-state index contributed by atoms with van der Waals surface area (Å²) in [6.07, 6.45) is 0.177. The van der Waals surface area contributed by atoms with Crippen LogP contribution >= 0.6 is 0 Å². The van der Waals surface area contributed by atoms with Crippen LogP contribution in [0.25, 0.3) is 0 Å². The van der Waals surface area contributed by atoms with Gasteiger partial charge >= 0.3 is 0 Å². The number of hydrogen-bond donors (Lipinski definition) is 1. The summed E-state index contributed by atoms with van der Waals surface area (Å²) in [6, 6.07) is 7.83. The Kier molecular flexibility index (Phi) is 4.04. The maximum absolute atomic E-state index is 12.4. The van der Waals surface area contributed by atoms with Crippen molar-refractivity contribution in [1.29, 1.82) is 0 Å². The molecule has 1 aliphatic rings. The molecule has 1 atom stereocenters. The molecular weight excluding hydrogens is 252 g/mol. The van der Waals surface area contributed by atoms with Gasteiger partial charge in [-0.1, -0.05) is 25.1 Å². The van der Waals surface area contributed by atoms with Crippen molar-refractivity contribution < 1.29 is 9.90 Å². The molecule has 1 heterocycles. The fraction of sp³-hybridized carbons (Fsp3) is 0.562. The first-order chi connectivity index (χ1) is 9.39. The van der Waals surface area contributed by atoms with Crippen LogP contribution in [-0.2, 0) is 4.79 Å². The first kappa shape index (κ1) is 14.9. The highest BCUT2D eigenvalue weighted by Gasteiger charge is 2.41. The maximum Gasteiger partial charge on any atom is 0.247 e. The number of nitrogens with zero attached hydrogens (tertiary/aromatic N) is 2. The molecule has 0 spiro atoms. The summed E-state index contributed by atoms with van der Waals surface area (Å²) in [4.78, 5) is 16.3. The summed E-state index contributed by atoms with van der Waals surface area (Å²) in [5, 5.41) is 10.2. The molecule has 0 radical (unpaired) electrons. The summed E-state index contributed by atoms with van der Waals surface area (Å²) in [7, 11) is 1.84. The third-order valence-corrected chi connectivity index (χ3v) is 4.18. The molecule has 4 heteroatoms. The Balaban J connectivity index is 2.43. The van der Waals surface area contributed by atoms with Crippen molar-refractivity contribution >= 4 is 11.6 Å². The van der Waals surface area contributed by atoms with Gasteiger partial charge in [-0.05, 0) is 26.3 Å². The number of para-hydroxylation sites is 1. The first-order valence-corrected chi connectivity index (χ1v) is 7.19. The zero-order valence-electron chi connectivity index (χ0n) is 12.8. The summed E-state index contributed by atoms with van der Waals surface area (Å²) in [5.74, 6) is 0.115. The highest BCUT2D eigenvalue weighted by atomic mass is 16.3. The molecule has 1 amide bonds.